The van der Waals surface area contributed by atoms with Gasteiger partial charge in [-0.2, -0.15) is 0 Å². The summed E-state index contributed by atoms with van der Waals surface area (Å²) in [6.07, 6.45) is 9.20. The van der Waals surface area contributed by atoms with E-state index >= 15 is 0 Å². The number of carbonyl (C=O) groups is 3. The fraction of sp³-hybridized carbons (Fsp3) is 0.880. The van der Waals surface area contributed by atoms with Gasteiger partial charge in [-0.3, -0.25) is 9.59 Å². The molecule has 0 saturated carbocycles. The molecule has 0 aromatic heterocycles. The second kappa shape index (κ2) is 15.1. The summed E-state index contributed by atoms with van der Waals surface area (Å²) in [5, 5.41) is 2.76. The van der Waals surface area contributed by atoms with Crippen molar-refractivity contribution in [1.29, 1.82) is 0 Å². The summed E-state index contributed by atoms with van der Waals surface area (Å²) >= 11 is 0. The normalized spacial score (nSPS) is 18.5. The molecule has 0 aromatic carbocycles. The number of ether oxygens (including phenoxy) is 1. The van der Waals surface area contributed by atoms with E-state index in [1.165, 1.54) is 25.7 Å². The standard InChI is InChI=1S/C15H28N2O3.C10H20N2O/c1-12(16-14(19)20-15(2,3)4)8-9-13(18)17-10-6-5-7-11-17;1-9(11)5-6-10(13)12-7-3-2-4-8-12/h12H,5-11H2,1-4H3,(H,16,19);9H,2-8,11H2,1H3. The Balaban J connectivity index is 0.000000361. The largest absolute Gasteiger partial charge is 0.444 e. The molecule has 192 valence electrons. The zero-order valence-corrected chi connectivity index (χ0v) is 21.7. The van der Waals surface area contributed by atoms with E-state index in [1.807, 2.05) is 44.4 Å². The average Bonchev–Trinajstić information content (AvgIpc) is 2.76. The molecule has 2 fully saturated rings. The fourth-order valence-electron chi connectivity index (χ4n) is 3.87. The van der Waals surface area contributed by atoms with Crippen LogP contribution >= 0.6 is 0 Å². The average molecular weight is 469 g/mol. The molecule has 0 aliphatic carbocycles. The lowest BCUT2D eigenvalue weighted by molar-refractivity contribution is -0.133. The SMILES string of the molecule is CC(CCC(=O)N1CCCCC1)NC(=O)OC(C)(C)C.CC(N)CCC(=O)N1CCCCC1. The summed E-state index contributed by atoms with van der Waals surface area (Å²) in [6, 6.07) is 0.0901. The number of amides is 3. The molecule has 3 N–H and O–H groups in total. The molecular formula is C25H48N4O4. The first kappa shape index (κ1) is 29.2. The van der Waals surface area contributed by atoms with E-state index in [9.17, 15) is 14.4 Å². The van der Waals surface area contributed by atoms with Crippen molar-refractivity contribution in [2.45, 2.75) is 117 Å². The van der Waals surface area contributed by atoms with Gasteiger partial charge in [0.25, 0.3) is 0 Å². The highest BCUT2D eigenvalue weighted by Gasteiger charge is 2.20. The van der Waals surface area contributed by atoms with Gasteiger partial charge in [0, 0.05) is 51.1 Å². The molecule has 8 heteroatoms. The Bertz CT molecular complexity index is 592. The van der Waals surface area contributed by atoms with Crippen molar-refractivity contribution in [2.24, 2.45) is 5.73 Å². The van der Waals surface area contributed by atoms with Gasteiger partial charge in [0.1, 0.15) is 5.60 Å². The number of piperidine rings is 2. The predicted molar refractivity (Wildman–Crippen MR) is 132 cm³/mol. The maximum Gasteiger partial charge on any atom is 0.407 e. The molecule has 2 aliphatic rings. The lowest BCUT2D eigenvalue weighted by atomic mass is 10.1. The summed E-state index contributed by atoms with van der Waals surface area (Å²) in [7, 11) is 0. The molecule has 0 bridgehead atoms. The number of rotatable bonds is 7. The van der Waals surface area contributed by atoms with Crippen LogP contribution in [0.1, 0.15) is 98.8 Å². The van der Waals surface area contributed by atoms with Gasteiger partial charge in [-0.25, -0.2) is 4.79 Å². The van der Waals surface area contributed by atoms with Crippen molar-refractivity contribution < 1.29 is 19.1 Å². The van der Waals surface area contributed by atoms with Crippen LogP contribution < -0.4 is 11.1 Å². The van der Waals surface area contributed by atoms with E-state index in [0.29, 0.717) is 19.3 Å². The second-order valence-electron chi connectivity index (χ2n) is 10.5. The number of alkyl carbamates (subject to hydrolysis) is 1. The molecule has 2 atom stereocenters. The van der Waals surface area contributed by atoms with Crippen molar-refractivity contribution in [3.05, 3.63) is 0 Å². The topological polar surface area (TPSA) is 105 Å². The van der Waals surface area contributed by atoms with Crippen LogP contribution in [-0.4, -0.2) is 71.6 Å². The van der Waals surface area contributed by atoms with Crippen LogP contribution in [0.3, 0.4) is 0 Å². The zero-order valence-electron chi connectivity index (χ0n) is 21.7. The van der Waals surface area contributed by atoms with Crippen molar-refractivity contribution >= 4 is 17.9 Å². The third-order valence-electron chi connectivity index (χ3n) is 5.79. The van der Waals surface area contributed by atoms with Crippen LogP contribution in [0.2, 0.25) is 0 Å². The number of hydrogen-bond donors (Lipinski definition) is 2. The van der Waals surface area contributed by atoms with Crippen LogP contribution in [0.15, 0.2) is 0 Å². The van der Waals surface area contributed by atoms with Gasteiger partial charge in [-0.15, -0.1) is 0 Å². The highest BCUT2D eigenvalue weighted by atomic mass is 16.6. The van der Waals surface area contributed by atoms with Crippen molar-refractivity contribution in [1.82, 2.24) is 15.1 Å². The Kier molecular flexibility index (Phi) is 13.4. The fourth-order valence-corrected chi connectivity index (χ4v) is 3.87. The first-order valence-electron chi connectivity index (χ1n) is 12.8. The number of nitrogens with one attached hydrogen (secondary N) is 1. The Morgan fingerprint density at radius 3 is 1.64 bits per heavy atom. The number of nitrogens with zero attached hydrogens (tertiary/aromatic N) is 2. The van der Waals surface area contributed by atoms with Gasteiger partial charge in [-0.05, 0) is 86.0 Å². The minimum absolute atomic E-state index is 0.0569. The van der Waals surface area contributed by atoms with E-state index in [1.54, 1.807) is 0 Å². The molecule has 0 aromatic rings. The first-order valence-corrected chi connectivity index (χ1v) is 12.8. The maximum absolute atomic E-state index is 12.0. The minimum atomic E-state index is -0.493. The van der Waals surface area contributed by atoms with Gasteiger partial charge in [0.15, 0.2) is 0 Å². The monoisotopic (exact) mass is 468 g/mol. The molecule has 2 rings (SSSR count). The summed E-state index contributed by atoms with van der Waals surface area (Å²) < 4.78 is 5.19. The van der Waals surface area contributed by atoms with E-state index in [2.05, 4.69) is 5.32 Å². The Hall–Kier alpha value is -1.83. The quantitative estimate of drug-likeness (QED) is 0.591. The molecule has 33 heavy (non-hydrogen) atoms. The third-order valence-corrected chi connectivity index (χ3v) is 5.79. The van der Waals surface area contributed by atoms with E-state index in [-0.39, 0.29) is 23.9 Å². The summed E-state index contributed by atoms with van der Waals surface area (Å²) in [4.78, 5) is 39.1. The van der Waals surface area contributed by atoms with Crippen molar-refractivity contribution in [2.75, 3.05) is 26.2 Å². The van der Waals surface area contributed by atoms with E-state index in [0.717, 1.165) is 45.4 Å². The molecule has 2 heterocycles. The Labute approximate surface area is 200 Å². The van der Waals surface area contributed by atoms with Gasteiger partial charge >= 0.3 is 6.09 Å². The number of likely N-dealkylation sites (tertiary alicyclic amines) is 2. The van der Waals surface area contributed by atoms with Gasteiger partial charge in [0.05, 0.1) is 0 Å². The van der Waals surface area contributed by atoms with Crippen molar-refractivity contribution in [3.8, 4) is 0 Å². The van der Waals surface area contributed by atoms with Gasteiger partial charge in [0.2, 0.25) is 11.8 Å². The summed E-state index contributed by atoms with van der Waals surface area (Å²) in [5.74, 6) is 0.486. The summed E-state index contributed by atoms with van der Waals surface area (Å²) in [6.45, 7) is 13.0. The van der Waals surface area contributed by atoms with Crippen LogP contribution in [0.4, 0.5) is 4.79 Å². The van der Waals surface area contributed by atoms with E-state index < -0.39 is 11.7 Å². The third kappa shape index (κ3) is 14.1. The molecule has 8 nitrogen and oxygen atoms in total. The first-order chi connectivity index (χ1) is 15.5. The predicted octanol–water partition coefficient (Wildman–Crippen LogP) is 3.82. The molecule has 0 spiro atoms. The molecule has 2 aliphatic heterocycles. The second-order valence-corrected chi connectivity index (χ2v) is 10.5. The van der Waals surface area contributed by atoms with Crippen LogP contribution in [0.25, 0.3) is 0 Å². The van der Waals surface area contributed by atoms with Crippen molar-refractivity contribution in [3.63, 3.8) is 0 Å². The van der Waals surface area contributed by atoms with Crippen LogP contribution in [0, 0.1) is 0 Å². The smallest absolute Gasteiger partial charge is 0.407 e. The Morgan fingerprint density at radius 2 is 1.24 bits per heavy atom. The molecule has 3 amide bonds. The van der Waals surface area contributed by atoms with E-state index in [4.69, 9.17) is 10.5 Å². The number of hydrogen-bond acceptors (Lipinski definition) is 5. The number of nitrogens with two attached hydrogens (primary N) is 1. The lowest BCUT2D eigenvalue weighted by Crippen LogP contribution is -2.39. The zero-order chi connectivity index (χ0) is 24.9. The van der Waals surface area contributed by atoms with Crippen LogP contribution in [-0.2, 0) is 14.3 Å². The molecule has 2 unspecified atom stereocenters. The number of carbonyl (C=O) groups excluding carboxylic acids is 3. The molecular weight excluding hydrogens is 420 g/mol. The van der Waals surface area contributed by atoms with Crippen LogP contribution in [0.5, 0.6) is 0 Å². The van der Waals surface area contributed by atoms with Gasteiger partial charge < -0.3 is 25.6 Å². The Morgan fingerprint density at radius 1 is 0.818 bits per heavy atom. The van der Waals surface area contributed by atoms with Gasteiger partial charge in [-0.1, -0.05) is 0 Å². The lowest BCUT2D eigenvalue weighted by Gasteiger charge is -2.27. The molecule has 2 saturated heterocycles. The highest BCUT2D eigenvalue weighted by molar-refractivity contribution is 5.76. The highest BCUT2D eigenvalue weighted by Crippen LogP contribution is 2.12. The summed E-state index contributed by atoms with van der Waals surface area (Å²) in [5.41, 5.74) is 5.11. The molecule has 0 radical (unpaired) electrons. The maximum atomic E-state index is 12.0. The minimum Gasteiger partial charge on any atom is -0.444 e.